The van der Waals surface area contributed by atoms with Gasteiger partial charge in [0.05, 0.1) is 37.4 Å². The summed E-state index contributed by atoms with van der Waals surface area (Å²) in [6.07, 6.45) is -7.86. The lowest BCUT2D eigenvalue weighted by Gasteiger charge is -2.71. The second-order valence-corrected chi connectivity index (χ2v) is 20.0. The van der Waals surface area contributed by atoms with E-state index >= 15 is 0 Å². The Morgan fingerprint density at radius 3 is 2.11 bits per heavy atom. The molecular formula is C41H66O15. The van der Waals surface area contributed by atoms with Crippen molar-refractivity contribution in [3.8, 4) is 0 Å². The van der Waals surface area contributed by atoms with Crippen LogP contribution in [0.2, 0.25) is 0 Å². The van der Waals surface area contributed by atoms with E-state index in [1.54, 1.807) is 0 Å². The van der Waals surface area contributed by atoms with Gasteiger partial charge in [-0.1, -0.05) is 46.3 Å². The molecule has 0 unspecified atom stereocenters. The zero-order valence-electron chi connectivity index (χ0n) is 33.4. The van der Waals surface area contributed by atoms with E-state index in [0.29, 0.717) is 44.9 Å². The lowest BCUT2D eigenvalue weighted by Crippen LogP contribution is -2.69. The summed E-state index contributed by atoms with van der Waals surface area (Å²) in [7, 11) is 0. The number of aliphatic hydroxyl groups is 9. The predicted octanol–water partition coefficient (Wildman–Crippen LogP) is 0.437. The Kier molecular flexibility index (Phi) is 11.2. The molecule has 0 amide bonds. The lowest BCUT2D eigenvalue weighted by atomic mass is 9.33. The van der Waals surface area contributed by atoms with Gasteiger partial charge in [0.15, 0.2) is 12.6 Å². The molecule has 2 heterocycles. The normalized spacial score (nSPS) is 55.9. The Balaban J connectivity index is 1.10. The van der Waals surface area contributed by atoms with E-state index < -0.39 is 96.3 Å². The Bertz CT molecular complexity index is 1510. The summed E-state index contributed by atoms with van der Waals surface area (Å²) < 4.78 is 23.3. The number of fused-ring (bicyclic) bond motifs is 7. The van der Waals surface area contributed by atoms with Crippen LogP contribution >= 0.6 is 0 Å². The number of rotatable bonds is 8. The monoisotopic (exact) mass is 798 g/mol. The van der Waals surface area contributed by atoms with E-state index in [2.05, 4.69) is 33.8 Å². The van der Waals surface area contributed by atoms with E-state index in [1.807, 2.05) is 6.92 Å². The SMILES string of the molecule is C[C@]1(CO)CC[C@]2(C(=O)O)CC[C@]3(C)C(=CC[C@@H]4[C@@]5(C)C[C@H](O)[C@H](O[C@@H]6OC[C@@H](O[C@@H]7O[C@H](CO)[C@@H](O)[C@H](O)[C@H]7O)[C@H](O)[C@H]6O)[C@@](C)(CO)[C@@H]5CC[C@]43C)[C@@H]2C1. The fourth-order valence-electron chi connectivity index (χ4n) is 13.6. The molecule has 0 aromatic carbocycles. The van der Waals surface area contributed by atoms with Crippen LogP contribution in [-0.2, 0) is 23.7 Å². The van der Waals surface area contributed by atoms with E-state index in [9.17, 15) is 55.9 Å². The summed E-state index contributed by atoms with van der Waals surface area (Å²) in [5, 5.41) is 107. The van der Waals surface area contributed by atoms with Crippen molar-refractivity contribution in [2.75, 3.05) is 26.4 Å². The highest BCUT2D eigenvalue weighted by Crippen LogP contribution is 2.76. The summed E-state index contributed by atoms with van der Waals surface area (Å²) in [4.78, 5) is 13.1. The van der Waals surface area contributed by atoms with Gasteiger partial charge in [-0.15, -0.1) is 0 Å². The van der Waals surface area contributed by atoms with Crippen molar-refractivity contribution in [1.82, 2.24) is 0 Å². The number of carbonyl (C=O) groups is 1. The van der Waals surface area contributed by atoms with E-state index in [-0.39, 0.29) is 53.8 Å². The Hall–Kier alpha value is -1.31. The van der Waals surface area contributed by atoms with Crippen LogP contribution in [0.4, 0.5) is 0 Å². The molecule has 20 atom stereocenters. The highest BCUT2D eigenvalue weighted by molar-refractivity contribution is 5.76. The molecule has 2 saturated heterocycles. The molecule has 6 fully saturated rings. The van der Waals surface area contributed by atoms with Crippen molar-refractivity contribution >= 4 is 5.97 Å². The predicted molar refractivity (Wildman–Crippen MR) is 196 cm³/mol. The zero-order chi connectivity index (χ0) is 41.0. The number of hydrogen-bond donors (Lipinski definition) is 10. The van der Waals surface area contributed by atoms with Gasteiger partial charge in [-0.25, -0.2) is 0 Å². The third-order valence-corrected chi connectivity index (χ3v) is 17.2. The number of carboxylic acids is 1. The molecule has 320 valence electrons. The van der Waals surface area contributed by atoms with Crippen molar-refractivity contribution in [1.29, 1.82) is 0 Å². The van der Waals surface area contributed by atoms with Crippen LogP contribution in [0.15, 0.2) is 11.6 Å². The molecule has 2 aliphatic heterocycles. The van der Waals surface area contributed by atoms with Gasteiger partial charge in [-0.2, -0.15) is 0 Å². The Morgan fingerprint density at radius 1 is 0.786 bits per heavy atom. The van der Waals surface area contributed by atoms with Gasteiger partial charge in [0.25, 0.3) is 0 Å². The minimum atomic E-state index is -1.72. The molecule has 7 aliphatic rings. The molecule has 0 aromatic rings. The minimum Gasteiger partial charge on any atom is -0.481 e. The summed E-state index contributed by atoms with van der Waals surface area (Å²) in [6, 6.07) is 0. The molecule has 56 heavy (non-hydrogen) atoms. The molecular weight excluding hydrogens is 732 g/mol. The molecule has 0 bridgehead atoms. The number of allylic oxidation sites excluding steroid dienone is 2. The molecule has 10 N–H and O–H groups in total. The number of aliphatic hydroxyl groups excluding tert-OH is 9. The van der Waals surface area contributed by atoms with Crippen molar-refractivity contribution < 1.29 is 74.8 Å². The first kappa shape index (κ1) is 42.8. The first-order valence-corrected chi connectivity index (χ1v) is 20.6. The molecule has 4 saturated carbocycles. The van der Waals surface area contributed by atoms with Crippen LogP contribution in [0.25, 0.3) is 0 Å². The van der Waals surface area contributed by atoms with Crippen LogP contribution in [0.1, 0.15) is 92.4 Å². The third kappa shape index (κ3) is 6.12. The van der Waals surface area contributed by atoms with Gasteiger partial charge in [0.2, 0.25) is 0 Å². The third-order valence-electron chi connectivity index (χ3n) is 17.2. The topological polar surface area (TPSA) is 256 Å². The molecule has 15 heteroatoms. The number of hydrogen-bond acceptors (Lipinski definition) is 14. The van der Waals surface area contributed by atoms with Crippen LogP contribution in [0.5, 0.6) is 0 Å². The summed E-state index contributed by atoms with van der Waals surface area (Å²) in [6.45, 7) is 9.50. The smallest absolute Gasteiger partial charge is 0.310 e. The minimum absolute atomic E-state index is 0.0160. The van der Waals surface area contributed by atoms with E-state index in [1.165, 1.54) is 5.57 Å². The molecule has 15 nitrogen and oxygen atoms in total. The standard InChI is InChI=1S/C41H66O15/c1-36(18-43)10-12-41(35(51)52)13-11-39(4)20(21(41)14-36)6-7-26-37(2)15-22(45)32(38(3,19-44)25(37)8-9-40(26,39)5)56-33-30(49)28(47)24(17-53-33)55-34-31(50)29(48)27(46)23(16-42)54-34/h6,21-34,42-50H,7-19H2,1-5H3,(H,51,52)/t21-,22-,23+,24+,25+,26+,27+,28-,29-,30+,31+,32-,33-,34-,36-,37-,38-,39+,40+,41-/m0/s1. The van der Waals surface area contributed by atoms with Gasteiger partial charge in [-0.05, 0) is 97.2 Å². The molecule has 0 spiro atoms. The molecule has 0 aromatic heterocycles. The first-order valence-electron chi connectivity index (χ1n) is 20.6. The van der Waals surface area contributed by atoms with Gasteiger partial charge < -0.3 is 70.0 Å². The fraction of sp³-hybridized carbons (Fsp3) is 0.927. The quantitative estimate of drug-likeness (QED) is 0.118. The molecule has 5 aliphatic carbocycles. The lowest BCUT2D eigenvalue weighted by molar-refractivity contribution is -0.357. The Labute approximate surface area is 328 Å². The van der Waals surface area contributed by atoms with Crippen molar-refractivity contribution in [3.63, 3.8) is 0 Å². The van der Waals surface area contributed by atoms with Crippen LogP contribution in [-0.4, -0.2) is 151 Å². The average molecular weight is 799 g/mol. The maximum atomic E-state index is 13.1. The van der Waals surface area contributed by atoms with Crippen LogP contribution in [0, 0.1) is 50.2 Å². The average Bonchev–Trinajstić information content (AvgIpc) is 3.16. The van der Waals surface area contributed by atoms with Crippen LogP contribution < -0.4 is 0 Å². The van der Waals surface area contributed by atoms with Gasteiger partial charge in [-0.3, -0.25) is 4.79 Å². The number of ether oxygens (including phenoxy) is 4. The first-order chi connectivity index (χ1) is 26.2. The van der Waals surface area contributed by atoms with Gasteiger partial charge in [0, 0.05) is 12.0 Å². The maximum absolute atomic E-state index is 13.1. The summed E-state index contributed by atoms with van der Waals surface area (Å²) >= 11 is 0. The summed E-state index contributed by atoms with van der Waals surface area (Å²) in [5.41, 5.74) is -1.99. The number of carboxylic acid groups (broad SMARTS) is 1. The number of aliphatic carboxylic acids is 1. The second-order valence-electron chi connectivity index (χ2n) is 20.0. The van der Waals surface area contributed by atoms with Gasteiger partial charge in [0.1, 0.15) is 42.7 Å². The molecule has 0 radical (unpaired) electrons. The largest absolute Gasteiger partial charge is 0.481 e. The molecule has 7 rings (SSSR count). The van der Waals surface area contributed by atoms with Crippen molar-refractivity contribution in [3.05, 3.63) is 11.6 Å². The second kappa shape index (κ2) is 14.7. The van der Waals surface area contributed by atoms with Crippen LogP contribution in [0.3, 0.4) is 0 Å². The van der Waals surface area contributed by atoms with E-state index in [4.69, 9.17) is 18.9 Å². The maximum Gasteiger partial charge on any atom is 0.310 e. The summed E-state index contributed by atoms with van der Waals surface area (Å²) in [5.74, 6) is -0.949. The Morgan fingerprint density at radius 2 is 1.46 bits per heavy atom. The highest BCUT2D eigenvalue weighted by Gasteiger charge is 2.71. The highest BCUT2D eigenvalue weighted by atomic mass is 16.7. The van der Waals surface area contributed by atoms with Gasteiger partial charge >= 0.3 is 5.97 Å². The zero-order valence-corrected chi connectivity index (χ0v) is 33.4. The van der Waals surface area contributed by atoms with Crippen molar-refractivity contribution in [2.24, 2.45) is 50.2 Å². The fourth-order valence-corrected chi connectivity index (χ4v) is 13.6. The van der Waals surface area contributed by atoms with Crippen molar-refractivity contribution in [2.45, 2.75) is 160 Å². The van der Waals surface area contributed by atoms with E-state index in [0.717, 1.165) is 12.8 Å².